The molecular formula is C79H154O17P2. The standard InChI is InChI=1S/C79H154O17P2/c1-8-10-11-12-13-14-15-16-17-18-19-20-23-27-30-33-39-48-55-62-78(83)95-74(66-89-76(81)60-53-46-38-32-29-26-24-21-22-25-28-31-36-43-50-57-70(3)4)68-93-97(85,86)91-64-73(80)65-92-98(87,88)94-69-75(67-90-77(82)61-54-47-42-41-44-51-58-71(5)6)96-79(84)63-56-49-40-35-34-37-45-52-59-72(7)9-2/h70-75,80H,8-69H2,1-7H3,(H,85,86)(H,87,88)/t72?,73-,74-,75-/m1/s1. The van der Waals surface area contributed by atoms with E-state index in [0.29, 0.717) is 31.6 Å². The van der Waals surface area contributed by atoms with E-state index in [0.717, 1.165) is 108 Å². The number of carbonyl (C=O) groups excluding carboxylic acids is 4. The van der Waals surface area contributed by atoms with E-state index >= 15 is 0 Å². The number of aliphatic hydroxyl groups excluding tert-OH is 1. The van der Waals surface area contributed by atoms with Crippen molar-refractivity contribution in [3.8, 4) is 0 Å². The van der Waals surface area contributed by atoms with Crippen molar-refractivity contribution in [2.24, 2.45) is 17.8 Å². The molecule has 0 radical (unpaired) electrons. The number of esters is 4. The zero-order chi connectivity index (χ0) is 72.3. The molecule has 17 nitrogen and oxygen atoms in total. The Morgan fingerprint density at radius 1 is 0.296 bits per heavy atom. The topological polar surface area (TPSA) is 237 Å². The second-order valence-corrected chi connectivity index (χ2v) is 32.6. The molecule has 0 bridgehead atoms. The van der Waals surface area contributed by atoms with Gasteiger partial charge in [-0.2, -0.15) is 0 Å². The van der Waals surface area contributed by atoms with Crippen LogP contribution in [0, 0.1) is 17.8 Å². The molecule has 98 heavy (non-hydrogen) atoms. The third-order valence-corrected chi connectivity index (χ3v) is 20.6. The van der Waals surface area contributed by atoms with E-state index in [1.807, 2.05) is 0 Å². The van der Waals surface area contributed by atoms with Gasteiger partial charge in [-0.15, -0.1) is 0 Å². The summed E-state index contributed by atoms with van der Waals surface area (Å²) in [6.07, 6.45) is 57.1. The van der Waals surface area contributed by atoms with Gasteiger partial charge < -0.3 is 33.8 Å². The summed E-state index contributed by atoms with van der Waals surface area (Å²) in [5, 5.41) is 10.6. The first-order valence-electron chi connectivity index (χ1n) is 40.9. The van der Waals surface area contributed by atoms with E-state index in [-0.39, 0.29) is 25.7 Å². The molecule has 0 spiro atoms. The van der Waals surface area contributed by atoms with E-state index in [2.05, 4.69) is 48.5 Å². The van der Waals surface area contributed by atoms with E-state index in [1.165, 1.54) is 212 Å². The number of rotatable bonds is 77. The number of aliphatic hydroxyl groups is 1. The molecule has 582 valence electrons. The lowest BCUT2D eigenvalue weighted by Crippen LogP contribution is -2.30. The third-order valence-electron chi connectivity index (χ3n) is 18.7. The van der Waals surface area contributed by atoms with Crippen LogP contribution < -0.4 is 0 Å². The highest BCUT2D eigenvalue weighted by Crippen LogP contribution is 2.45. The summed E-state index contributed by atoms with van der Waals surface area (Å²) in [5.41, 5.74) is 0. The average Bonchev–Trinajstić information content (AvgIpc) is 1.17. The summed E-state index contributed by atoms with van der Waals surface area (Å²) in [5.74, 6) is 0.138. The first-order chi connectivity index (χ1) is 47.3. The van der Waals surface area contributed by atoms with Gasteiger partial charge in [-0.25, -0.2) is 9.13 Å². The monoisotopic (exact) mass is 1440 g/mol. The fraction of sp³-hybridized carbons (Fsp3) is 0.949. The summed E-state index contributed by atoms with van der Waals surface area (Å²) < 4.78 is 68.6. The van der Waals surface area contributed by atoms with E-state index in [1.54, 1.807) is 0 Å². The van der Waals surface area contributed by atoms with Crippen LogP contribution in [0.25, 0.3) is 0 Å². The molecule has 0 heterocycles. The Morgan fingerprint density at radius 2 is 0.520 bits per heavy atom. The number of ether oxygens (including phenoxy) is 4. The lowest BCUT2D eigenvalue weighted by Gasteiger charge is -2.21. The normalized spacial score (nSPS) is 14.3. The molecule has 0 saturated heterocycles. The second kappa shape index (κ2) is 69.4. The predicted octanol–water partition coefficient (Wildman–Crippen LogP) is 23.4. The Labute approximate surface area is 600 Å². The fourth-order valence-electron chi connectivity index (χ4n) is 12.1. The zero-order valence-corrected chi connectivity index (χ0v) is 66.0. The van der Waals surface area contributed by atoms with Crippen molar-refractivity contribution in [3.05, 3.63) is 0 Å². The van der Waals surface area contributed by atoms with Crippen LogP contribution in [0.4, 0.5) is 0 Å². The van der Waals surface area contributed by atoms with Crippen LogP contribution in [-0.4, -0.2) is 96.7 Å². The molecular weight excluding hydrogens is 1280 g/mol. The fourth-order valence-corrected chi connectivity index (χ4v) is 13.7. The van der Waals surface area contributed by atoms with Gasteiger partial charge in [0.15, 0.2) is 12.2 Å². The largest absolute Gasteiger partial charge is 0.472 e. The predicted molar refractivity (Wildman–Crippen MR) is 400 cm³/mol. The SMILES string of the molecule is CCCCCCCCCCCCCCCCCCCCCC(=O)O[C@H](COC(=O)CCCCCCCCCCCCCCCCCC(C)C)COP(=O)(O)OC[C@@H](O)COP(=O)(O)OC[C@@H](COC(=O)CCCCCCCCC(C)C)OC(=O)CCCCCCCCCCC(C)CC. The molecule has 19 heteroatoms. The highest BCUT2D eigenvalue weighted by molar-refractivity contribution is 7.47. The van der Waals surface area contributed by atoms with E-state index < -0.39 is 97.5 Å². The average molecular weight is 1440 g/mol. The number of phosphoric ester groups is 2. The Hall–Kier alpha value is -1.94. The first-order valence-corrected chi connectivity index (χ1v) is 43.9. The molecule has 0 aromatic carbocycles. The molecule has 0 rings (SSSR count). The number of carbonyl (C=O) groups is 4. The number of phosphoric acid groups is 2. The summed E-state index contributed by atoms with van der Waals surface area (Å²) in [7, 11) is -9.92. The lowest BCUT2D eigenvalue weighted by atomic mass is 9.99. The zero-order valence-electron chi connectivity index (χ0n) is 64.3. The molecule has 3 unspecified atom stereocenters. The quantitative estimate of drug-likeness (QED) is 0.0222. The van der Waals surface area contributed by atoms with Crippen LogP contribution >= 0.6 is 15.6 Å². The highest BCUT2D eigenvalue weighted by atomic mass is 31.2. The van der Waals surface area contributed by atoms with Crippen LogP contribution in [-0.2, 0) is 65.4 Å². The third kappa shape index (κ3) is 71.1. The van der Waals surface area contributed by atoms with Gasteiger partial charge in [0.2, 0.25) is 0 Å². The van der Waals surface area contributed by atoms with Gasteiger partial charge in [-0.05, 0) is 43.4 Å². The minimum absolute atomic E-state index is 0.104. The molecule has 0 aliphatic rings. The second-order valence-electron chi connectivity index (χ2n) is 29.6. The Balaban J connectivity index is 5.22. The smallest absolute Gasteiger partial charge is 0.462 e. The Morgan fingerprint density at radius 3 is 0.776 bits per heavy atom. The molecule has 0 fully saturated rings. The lowest BCUT2D eigenvalue weighted by molar-refractivity contribution is -0.161. The first kappa shape index (κ1) is 96.1. The van der Waals surface area contributed by atoms with E-state index in [9.17, 15) is 43.2 Å². The van der Waals surface area contributed by atoms with Gasteiger partial charge in [0.05, 0.1) is 26.4 Å². The van der Waals surface area contributed by atoms with Crippen LogP contribution in [0.15, 0.2) is 0 Å². The van der Waals surface area contributed by atoms with Gasteiger partial charge >= 0.3 is 39.5 Å². The number of hydrogen-bond acceptors (Lipinski definition) is 15. The highest BCUT2D eigenvalue weighted by Gasteiger charge is 2.30. The van der Waals surface area contributed by atoms with Gasteiger partial charge in [-0.3, -0.25) is 37.3 Å². The van der Waals surface area contributed by atoms with Crippen molar-refractivity contribution in [2.45, 2.75) is 426 Å². The summed E-state index contributed by atoms with van der Waals surface area (Å²) in [4.78, 5) is 72.9. The molecule has 0 saturated carbocycles. The molecule has 0 aromatic rings. The number of hydrogen-bond donors (Lipinski definition) is 3. The Kier molecular flexibility index (Phi) is 68.1. The maximum Gasteiger partial charge on any atom is 0.472 e. The van der Waals surface area contributed by atoms with Gasteiger partial charge in [0, 0.05) is 25.7 Å². The summed E-state index contributed by atoms with van der Waals surface area (Å²) in [6, 6.07) is 0. The molecule has 0 amide bonds. The maximum atomic E-state index is 13.1. The van der Waals surface area contributed by atoms with Crippen molar-refractivity contribution in [2.75, 3.05) is 39.6 Å². The van der Waals surface area contributed by atoms with Crippen molar-refractivity contribution in [3.63, 3.8) is 0 Å². The van der Waals surface area contributed by atoms with Crippen molar-refractivity contribution in [1.29, 1.82) is 0 Å². The molecule has 0 aromatic heterocycles. The van der Waals surface area contributed by atoms with Crippen LogP contribution in [0.5, 0.6) is 0 Å². The molecule has 3 N–H and O–H groups in total. The minimum Gasteiger partial charge on any atom is -0.462 e. The maximum absolute atomic E-state index is 13.1. The van der Waals surface area contributed by atoms with Crippen molar-refractivity contribution < 1.29 is 80.2 Å². The van der Waals surface area contributed by atoms with Gasteiger partial charge in [-0.1, -0.05) is 357 Å². The molecule has 0 aliphatic heterocycles. The minimum atomic E-state index is -4.96. The van der Waals surface area contributed by atoms with Crippen molar-refractivity contribution in [1.82, 2.24) is 0 Å². The Bertz CT molecular complexity index is 1910. The molecule has 0 aliphatic carbocycles. The van der Waals surface area contributed by atoms with Gasteiger partial charge in [0.1, 0.15) is 19.3 Å². The van der Waals surface area contributed by atoms with E-state index in [4.69, 9.17) is 37.0 Å². The van der Waals surface area contributed by atoms with Gasteiger partial charge in [0.25, 0.3) is 0 Å². The van der Waals surface area contributed by atoms with Crippen LogP contribution in [0.2, 0.25) is 0 Å². The van der Waals surface area contributed by atoms with Crippen LogP contribution in [0.3, 0.4) is 0 Å². The van der Waals surface area contributed by atoms with Crippen molar-refractivity contribution >= 4 is 39.5 Å². The molecule has 6 atom stereocenters. The number of unbranched alkanes of at least 4 members (excludes halogenated alkanes) is 44. The summed E-state index contributed by atoms with van der Waals surface area (Å²) in [6.45, 7) is 11.9. The summed E-state index contributed by atoms with van der Waals surface area (Å²) >= 11 is 0. The van der Waals surface area contributed by atoms with Crippen LogP contribution in [0.1, 0.15) is 408 Å².